The molecule has 7 nitrogen and oxygen atoms in total. The Morgan fingerprint density at radius 3 is 2.93 bits per heavy atom. The first-order valence-corrected chi connectivity index (χ1v) is 8.78. The van der Waals surface area contributed by atoms with E-state index >= 15 is 0 Å². The molecule has 1 aliphatic rings. The van der Waals surface area contributed by atoms with Gasteiger partial charge in [0, 0.05) is 32.1 Å². The summed E-state index contributed by atoms with van der Waals surface area (Å²) in [6.45, 7) is -0.357. The van der Waals surface area contributed by atoms with Gasteiger partial charge in [-0.2, -0.15) is 13.2 Å². The maximum atomic E-state index is 12.3. The van der Waals surface area contributed by atoms with E-state index in [1.807, 2.05) is 0 Å². The van der Waals surface area contributed by atoms with E-state index in [0.717, 1.165) is 43.9 Å². The van der Waals surface area contributed by atoms with Gasteiger partial charge in [-0.05, 0) is 25.0 Å². The van der Waals surface area contributed by atoms with Gasteiger partial charge >= 0.3 is 6.18 Å². The molecule has 0 bridgehead atoms. The molecular formula is C17H20F3N5O2. The van der Waals surface area contributed by atoms with Crippen LogP contribution in [-0.2, 0) is 19.4 Å². The van der Waals surface area contributed by atoms with Crippen LogP contribution in [0.25, 0.3) is 0 Å². The van der Waals surface area contributed by atoms with Crippen LogP contribution in [0.2, 0.25) is 0 Å². The van der Waals surface area contributed by atoms with Crippen LogP contribution in [-0.4, -0.2) is 45.0 Å². The predicted octanol–water partition coefficient (Wildman–Crippen LogP) is 2.31. The molecule has 1 aliphatic heterocycles. The number of aromatic nitrogens is 4. The van der Waals surface area contributed by atoms with E-state index in [4.69, 9.17) is 0 Å². The highest BCUT2D eigenvalue weighted by atomic mass is 19.4. The van der Waals surface area contributed by atoms with E-state index < -0.39 is 18.7 Å². The Balaban J connectivity index is 1.58. The number of rotatable bonds is 6. The van der Waals surface area contributed by atoms with Gasteiger partial charge in [0.25, 0.3) is 5.91 Å². The van der Waals surface area contributed by atoms with Crippen molar-refractivity contribution in [2.24, 2.45) is 0 Å². The number of carbonyl (C=O) groups is 1. The highest BCUT2D eigenvalue weighted by Crippen LogP contribution is 2.20. The van der Waals surface area contributed by atoms with E-state index in [1.165, 1.54) is 18.3 Å². The van der Waals surface area contributed by atoms with Crippen LogP contribution in [0, 0.1) is 0 Å². The second-order valence-electron chi connectivity index (χ2n) is 6.26. The van der Waals surface area contributed by atoms with E-state index in [0.29, 0.717) is 6.42 Å². The van der Waals surface area contributed by atoms with Gasteiger partial charge in [0.1, 0.15) is 17.2 Å². The summed E-state index contributed by atoms with van der Waals surface area (Å²) in [5, 5.41) is 11.1. The molecule has 0 atom stereocenters. The number of aryl methyl sites for hydroxylation is 1. The van der Waals surface area contributed by atoms with Gasteiger partial charge in [0.05, 0.1) is 0 Å². The van der Waals surface area contributed by atoms with E-state index in [2.05, 4.69) is 29.8 Å². The Labute approximate surface area is 154 Å². The first-order valence-electron chi connectivity index (χ1n) is 8.78. The topological polar surface area (TPSA) is 81.9 Å². The molecule has 146 valence electrons. The van der Waals surface area contributed by atoms with Gasteiger partial charge in [-0.3, -0.25) is 4.79 Å². The summed E-state index contributed by atoms with van der Waals surface area (Å²) in [6.07, 6.45) is 1.47. The standard InChI is InChI=1S/C17H20F3N5O2/c18-17(19,20)11-27-16-12(5-4-8-22-16)15(26)21-9-7-14-24-23-13-6-2-1-3-10-25(13)14/h4-5,8H,1-3,6-7,9-11H2,(H,21,26). The van der Waals surface area contributed by atoms with Crippen molar-refractivity contribution in [3.8, 4) is 5.88 Å². The second-order valence-corrected chi connectivity index (χ2v) is 6.26. The van der Waals surface area contributed by atoms with Gasteiger partial charge in [-0.15, -0.1) is 10.2 Å². The lowest BCUT2D eigenvalue weighted by Gasteiger charge is -2.12. The van der Waals surface area contributed by atoms with Gasteiger partial charge in [0.15, 0.2) is 6.61 Å². The molecule has 0 unspecified atom stereocenters. The van der Waals surface area contributed by atoms with Crippen molar-refractivity contribution in [2.45, 2.75) is 44.8 Å². The number of hydrogen-bond donors (Lipinski definition) is 1. The van der Waals surface area contributed by atoms with E-state index in [1.54, 1.807) is 0 Å². The molecule has 0 saturated heterocycles. The van der Waals surface area contributed by atoms with Crippen molar-refractivity contribution in [1.82, 2.24) is 25.1 Å². The first-order chi connectivity index (χ1) is 12.9. The molecule has 0 fully saturated rings. The largest absolute Gasteiger partial charge is 0.467 e. The van der Waals surface area contributed by atoms with Crippen molar-refractivity contribution < 1.29 is 22.7 Å². The Morgan fingerprint density at radius 1 is 1.26 bits per heavy atom. The van der Waals surface area contributed by atoms with Crippen molar-refractivity contribution >= 4 is 5.91 Å². The third-order valence-electron chi connectivity index (χ3n) is 4.21. The Kier molecular flexibility index (Phi) is 5.92. The van der Waals surface area contributed by atoms with Gasteiger partial charge < -0.3 is 14.6 Å². The SMILES string of the molecule is O=C(NCCc1nnc2n1CCCCC2)c1cccnc1OCC(F)(F)F. The van der Waals surface area contributed by atoms with Gasteiger partial charge in [-0.25, -0.2) is 4.98 Å². The molecule has 2 aromatic rings. The number of hydrogen-bond acceptors (Lipinski definition) is 5. The van der Waals surface area contributed by atoms with Gasteiger partial charge in [0.2, 0.25) is 5.88 Å². The maximum absolute atomic E-state index is 12.3. The summed E-state index contributed by atoms with van der Waals surface area (Å²) in [5.41, 5.74) is -0.0400. The highest BCUT2D eigenvalue weighted by molar-refractivity contribution is 5.96. The summed E-state index contributed by atoms with van der Waals surface area (Å²) in [4.78, 5) is 16.0. The second kappa shape index (κ2) is 8.36. The molecule has 2 aromatic heterocycles. The molecule has 27 heavy (non-hydrogen) atoms. The Hall–Kier alpha value is -2.65. The summed E-state index contributed by atoms with van der Waals surface area (Å²) in [5.74, 6) is 0.871. The minimum atomic E-state index is -4.50. The fraction of sp³-hybridized carbons (Fsp3) is 0.529. The zero-order valence-electron chi connectivity index (χ0n) is 14.6. The zero-order valence-corrected chi connectivity index (χ0v) is 14.6. The summed E-state index contributed by atoms with van der Waals surface area (Å²) < 4.78 is 43.7. The molecule has 0 spiro atoms. The number of fused-ring (bicyclic) bond motifs is 1. The normalized spacial score (nSPS) is 14.3. The average Bonchev–Trinajstić information content (AvgIpc) is 2.86. The monoisotopic (exact) mass is 383 g/mol. The van der Waals surface area contributed by atoms with Crippen molar-refractivity contribution in [2.75, 3.05) is 13.2 Å². The number of halogens is 3. The van der Waals surface area contributed by atoms with Crippen LogP contribution < -0.4 is 10.1 Å². The lowest BCUT2D eigenvalue weighted by molar-refractivity contribution is -0.154. The Bertz CT molecular complexity index is 791. The molecule has 3 rings (SSSR count). The molecule has 3 heterocycles. The van der Waals surface area contributed by atoms with Crippen LogP contribution in [0.15, 0.2) is 18.3 Å². The molecule has 1 N–H and O–H groups in total. The summed E-state index contributed by atoms with van der Waals surface area (Å²) in [7, 11) is 0. The molecule has 0 radical (unpaired) electrons. The van der Waals surface area contributed by atoms with Crippen LogP contribution in [0.4, 0.5) is 13.2 Å². The lowest BCUT2D eigenvalue weighted by atomic mass is 10.2. The number of ether oxygens (including phenoxy) is 1. The van der Waals surface area contributed by atoms with Crippen LogP contribution in [0.1, 0.15) is 41.3 Å². The average molecular weight is 383 g/mol. The molecule has 1 amide bonds. The first kappa shape index (κ1) is 19.1. The van der Waals surface area contributed by atoms with Crippen LogP contribution >= 0.6 is 0 Å². The molecule has 0 aliphatic carbocycles. The summed E-state index contributed by atoms with van der Waals surface area (Å²) in [6, 6.07) is 2.84. The van der Waals surface area contributed by atoms with Crippen LogP contribution in [0.5, 0.6) is 5.88 Å². The number of alkyl halides is 3. The molecule has 10 heteroatoms. The zero-order chi connectivity index (χ0) is 19.3. The fourth-order valence-corrected chi connectivity index (χ4v) is 2.94. The molecule has 0 saturated carbocycles. The molecule has 0 aromatic carbocycles. The van der Waals surface area contributed by atoms with E-state index in [-0.39, 0.29) is 18.0 Å². The number of amides is 1. The quantitative estimate of drug-likeness (QED) is 0.828. The third-order valence-corrected chi connectivity index (χ3v) is 4.21. The Morgan fingerprint density at radius 2 is 2.11 bits per heavy atom. The van der Waals surface area contributed by atoms with Crippen molar-refractivity contribution in [3.05, 3.63) is 35.5 Å². The van der Waals surface area contributed by atoms with Crippen LogP contribution in [0.3, 0.4) is 0 Å². The van der Waals surface area contributed by atoms with Gasteiger partial charge in [-0.1, -0.05) is 6.42 Å². The van der Waals surface area contributed by atoms with Crippen molar-refractivity contribution in [3.63, 3.8) is 0 Å². The number of nitrogens with zero attached hydrogens (tertiary/aromatic N) is 4. The number of carbonyl (C=O) groups excluding carboxylic acids is 1. The molecular weight excluding hydrogens is 363 g/mol. The minimum Gasteiger partial charge on any atom is -0.467 e. The smallest absolute Gasteiger partial charge is 0.422 e. The van der Waals surface area contributed by atoms with E-state index in [9.17, 15) is 18.0 Å². The highest BCUT2D eigenvalue weighted by Gasteiger charge is 2.29. The van der Waals surface area contributed by atoms with Crippen molar-refractivity contribution in [1.29, 1.82) is 0 Å². The number of pyridine rings is 1. The minimum absolute atomic E-state index is 0.0400. The summed E-state index contributed by atoms with van der Waals surface area (Å²) >= 11 is 0. The number of nitrogens with one attached hydrogen (secondary N) is 1. The third kappa shape index (κ3) is 5.18. The fourth-order valence-electron chi connectivity index (χ4n) is 2.94. The predicted molar refractivity (Wildman–Crippen MR) is 89.4 cm³/mol. The maximum Gasteiger partial charge on any atom is 0.422 e. The lowest BCUT2D eigenvalue weighted by Crippen LogP contribution is -2.28.